The van der Waals surface area contributed by atoms with E-state index in [9.17, 15) is 4.79 Å². The zero-order valence-corrected chi connectivity index (χ0v) is 9.29. The first-order valence-corrected chi connectivity index (χ1v) is 4.96. The first-order chi connectivity index (χ1) is 6.56. The molecule has 0 aliphatic rings. The summed E-state index contributed by atoms with van der Waals surface area (Å²) in [6, 6.07) is 0. The van der Waals surface area contributed by atoms with E-state index in [2.05, 4.69) is 18.8 Å². The maximum Gasteiger partial charge on any atom is 0.151 e. The van der Waals surface area contributed by atoms with Crippen molar-refractivity contribution in [2.45, 2.75) is 34.1 Å². The van der Waals surface area contributed by atoms with Crippen LogP contribution in [0.25, 0.3) is 0 Å². The van der Waals surface area contributed by atoms with Gasteiger partial charge in [0.2, 0.25) is 0 Å². The molecule has 1 aromatic rings. The van der Waals surface area contributed by atoms with Gasteiger partial charge in [-0.15, -0.1) is 0 Å². The zero-order chi connectivity index (χ0) is 10.7. The first kappa shape index (κ1) is 10.9. The average molecular weight is 191 g/mol. The quantitative estimate of drug-likeness (QED) is 0.687. The molecule has 0 fully saturated rings. The molecule has 0 bridgehead atoms. The highest BCUT2D eigenvalue weighted by atomic mass is 16.1. The Morgan fingerprint density at radius 3 is 2.57 bits per heavy atom. The van der Waals surface area contributed by atoms with Gasteiger partial charge in [-0.3, -0.25) is 9.78 Å². The van der Waals surface area contributed by atoms with E-state index in [4.69, 9.17) is 0 Å². The van der Waals surface area contributed by atoms with Gasteiger partial charge in [-0.25, -0.2) is 0 Å². The lowest BCUT2D eigenvalue weighted by Crippen LogP contribution is -2.04. The van der Waals surface area contributed by atoms with Crippen molar-refractivity contribution in [2.24, 2.45) is 5.92 Å². The maximum atomic E-state index is 10.7. The number of pyridine rings is 1. The molecule has 0 atom stereocenters. The van der Waals surface area contributed by atoms with E-state index in [1.165, 1.54) is 5.56 Å². The van der Waals surface area contributed by atoms with Crippen molar-refractivity contribution in [3.8, 4) is 0 Å². The molecule has 2 heteroatoms. The maximum absolute atomic E-state index is 10.7. The smallest absolute Gasteiger partial charge is 0.151 e. The summed E-state index contributed by atoms with van der Waals surface area (Å²) in [6.45, 7) is 8.34. The highest BCUT2D eigenvalue weighted by molar-refractivity contribution is 5.77. The van der Waals surface area contributed by atoms with E-state index in [-0.39, 0.29) is 0 Å². The molecule has 2 nitrogen and oxygen atoms in total. The van der Waals surface area contributed by atoms with Gasteiger partial charge in [-0.1, -0.05) is 13.8 Å². The van der Waals surface area contributed by atoms with Gasteiger partial charge in [0.05, 0.1) is 0 Å². The van der Waals surface area contributed by atoms with Gasteiger partial charge in [-0.05, 0) is 37.3 Å². The van der Waals surface area contributed by atoms with Crippen molar-refractivity contribution in [1.29, 1.82) is 0 Å². The van der Waals surface area contributed by atoms with Gasteiger partial charge in [0.25, 0.3) is 0 Å². The van der Waals surface area contributed by atoms with Gasteiger partial charge in [0.15, 0.2) is 6.29 Å². The molecule has 0 N–H and O–H groups in total. The summed E-state index contributed by atoms with van der Waals surface area (Å²) in [7, 11) is 0. The second-order valence-electron chi connectivity index (χ2n) is 4.12. The van der Waals surface area contributed by atoms with Crippen LogP contribution in [0.2, 0.25) is 0 Å². The summed E-state index contributed by atoms with van der Waals surface area (Å²) < 4.78 is 0. The minimum atomic E-state index is 0.594. The molecule has 14 heavy (non-hydrogen) atoms. The summed E-state index contributed by atoms with van der Waals surface area (Å²) in [6.07, 6.45) is 3.53. The van der Waals surface area contributed by atoms with Gasteiger partial charge < -0.3 is 0 Å². The Labute approximate surface area is 85.4 Å². The summed E-state index contributed by atoms with van der Waals surface area (Å²) in [4.78, 5) is 15.0. The summed E-state index contributed by atoms with van der Waals surface area (Å²) in [5.41, 5.74) is 4.07. The fourth-order valence-corrected chi connectivity index (χ4v) is 1.61. The van der Waals surface area contributed by atoms with Crippen LogP contribution in [0, 0.1) is 19.8 Å². The van der Waals surface area contributed by atoms with Crippen LogP contribution in [0.15, 0.2) is 6.20 Å². The highest BCUT2D eigenvalue weighted by Crippen LogP contribution is 2.18. The number of carbonyl (C=O) groups excluding carboxylic acids is 1. The number of aldehydes is 1. The molecule has 0 radical (unpaired) electrons. The third kappa shape index (κ3) is 2.19. The van der Waals surface area contributed by atoms with Crippen LogP contribution in [0.3, 0.4) is 0 Å². The number of hydrogen-bond donors (Lipinski definition) is 0. The molecular weight excluding hydrogens is 174 g/mol. The van der Waals surface area contributed by atoms with E-state index >= 15 is 0 Å². The van der Waals surface area contributed by atoms with Crippen LogP contribution in [-0.4, -0.2) is 11.3 Å². The van der Waals surface area contributed by atoms with Gasteiger partial charge in [0, 0.05) is 17.5 Å². The van der Waals surface area contributed by atoms with E-state index in [0.29, 0.717) is 11.5 Å². The molecule has 0 aromatic carbocycles. The van der Waals surface area contributed by atoms with Gasteiger partial charge >= 0.3 is 0 Å². The molecule has 1 rings (SSSR count). The SMILES string of the molecule is Cc1ncc(C=O)c(C)c1CC(C)C. The molecule has 0 saturated heterocycles. The predicted molar refractivity (Wildman–Crippen MR) is 57.6 cm³/mol. The Balaban J connectivity index is 3.18. The van der Waals surface area contributed by atoms with Gasteiger partial charge in [0.1, 0.15) is 0 Å². The van der Waals surface area contributed by atoms with Crippen molar-refractivity contribution in [1.82, 2.24) is 4.98 Å². The van der Waals surface area contributed by atoms with Crippen LogP contribution < -0.4 is 0 Å². The Morgan fingerprint density at radius 1 is 1.43 bits per heavy atom. The number of carbonyl (C=O) groups is 1. The number of rotatable bonds is 3. The number of nitrogens with zero attached hydrogens (tertiary/aromatic N) is 1. The molecule has 0 spiro atoms. The molecule has 0 saturated carbocycles. The minimum Gasteiger partial charge on any atom is -0.298 e. The normalized spacial score (nSPS) is 10.6. The van der Waals surface area contributed by atoms with E-state index in [0.717, 1.165) is 24.0 Å². The van der Waals surface area contributed by atoms with Crippen LogP contribution in [-0.2, 0) is 6.42 Å². The van der Waals surface area contributed by atoms with Crippen LogP contribution in [0.1, 0.15) is 41.0 Å². The number of hydrogen-bond acceptors (Lipinski definition) is 2. The lowest BCUT2D eigenvalue weighted by Gasteiger charge is -2.12. The minimum absolute atomic E-state index is 0.594. The van der Waals surface area contributed by atoms with Crippen LogP contribution in [0.4, 0.5) is 0 Å². The van der Waals surface area contributed by atoms with Crippen LogP contribution in [0.5, 0.6) is 0 Å². The first-order valence-electron chi connectivity index (χ1n) is 4.96. The number of aromatic nitrogens is 1. The monoisotopic (exact) mass is 191 g/mol. The lowest BCUT2D eigenvalue weighted by atomic mass is 9.95. The Hall–Kier alpha value is -1.18. The third-order valence-electron chi connectivity index (χ3n) is 2.46. The molecular formula is C12H17NO. The fourth-order valence-electron chi connectivity index (χ4n) is 1.61. The molecule has 0 aliphatic carbocycles. The molecule has 0 aliphatic heterocycles. The Kier molecular flexibility index (Phi) is 3.39. The Morgan fingerprint density at radius 2 is 2.07 bits per heavy atom. The Bertz CT molecular complexity index is 342. The zero-order valence-electron chi connectivity index (χ0n) is 9.29. The second-order valence-corrected chi connectivity index (χ2v) is 4.12. The van der Waals surface area contributed by atoms with Crippen molar-refractivity contribution in [2.75, 3.05) is 0 Å². The third-order valence-corrected chi connectivity index (χ3v) is 2.46. The standard InChI is InChI=1S/C12H17NO/c1-8(2)5-12-9(3)11(7-14)6-13-10(12)4/h6-8H,5H2,1-4H3. The molecule has 0 unspecified atom stereocenters. The molecule has 76 valence electrons. The molecule has 1 heterocycles. The van der Waals surface area contributed by atoms with Crippen LogP contribution >= 0.6 is 0 Å². The topological polar surface area (TPSA) is 30.0 Å². The highest BCUT2D eigenvalue weighted by Gasteiger charge is 2.09. The van der Waals surface area contributed by atoms with E-state index in [1.807, 2.05) is 13.8 Å². The fraction of sp³-hybridized carbons (Fsp3) is 0.500. The van der Waals surface area contributed by atoms with Gasteiger partial charge in [-0.2, -0.15) is 0 Å². The summed E-state index contributed by atoms with van der Waals surface area (Å²) in [5, 5.41) is 0. The van der Waals surface area contributed by atoms with Crippen molar-refractivity contribution in [3.05, 3.63) is 28.6 Å². The van der Waals surface area contributed by atoms with E-state index in [1.54, 1.807) is 6.20 Å². The van der Waals surface area contributed by atoms with Crippen molar-refractivity contribution < 1.29 is 4.79 Å². The van der Waals surface area contributed by atoms with Crippen molar-refractivity contribution in [3.63, 3.8) is 0 Å². The van der Waals surface area contributed by atoms with Crippen molar-refractivity contribution >= 4 is 6.29 Å². The molecule has 0 amide bonds. The largest absolute Gasteiger partial charge is 0.298 e. The predicted octanol–water partition coefficient (Wildman–Crippen LogP) is 2.71. The summed E-state index contributed by atoms with van der Waals surface area (Å²) in [5.74, 6) is 0.594. The average Bonchev–Trinajstić information content (AvgIpc) is 2.12. The summed E-state index contributed by atoms with van der Waals surface area (Å²) >= 11 is 0. The lowest BCUT2D eigenvalue weighted by molar-refractivity contribution is 0.112. The second kappa shape index (κ2) is 4.36. The van der Waals surface area contributed by atoms with E-state index < -0.39 is 0 Å². The number of aryl methyl sites for hydroxylation is 1. The molecule has 1 aromatic heterocycles.